The summed E-state index contributed by atoms with van der Waals surface area (Å²) < 4.78 is 2.19. The minimum absolute atomic E-state index is 0.238. The lowest BCUT2D eigenvalue weighted by Gasteiger charge is -2.00. The van der Waals surface area contributed by atoms with E-state index in [9.17, 15) is 4.79 Å². The molecule has 3 N–H and O–H groups in total. The highest BCUT2D eigenvalue weighted by atomic mass is 79.9. The molecule has 0 aromatic carbocycles. The Bertz CT molecular complexity index is 321. The largest absolute Gasteiger partial charge is 0.370 e. The first-order valence-electron chi connectivity index (χ1n) is 4.52. The number of hydrogen-bond donors (Lipinski definition) is 2. The van der Waals surface area contributed by atoms with Gasteiger partial charge in [-0.25, -0.2) is 0 Å². The summed E-state index contributed by atoms with van der Waals surface area (Å²) in [6.07, 6.45) is 1.24. The lowest BCUT2D eigenvalue weighted by atomic mass is 10.3. The topological polar surface area (TPSA) is 55.1 Å². The fourth-order valence-electron chi connectivity index (χ4n) is 1.08. The second-order valence-electron chi connectivity index (χ2n) is 3.08. The molecule has 0 radical (unpaired) electrons. The Balaban J connectivity index is 2.18. The zero-order chi connectivity index (χ0) is 11.3. The maximum Gasteiger partial charge on any atom is 0.217 e. The van der Waals surface area contributed by atoms with E-state index in [4.69, 9.17) is 5.73 Å². The quantitative estimate of drug-likeness (QED) is 0.770. The van der Waals surface area contributed by atoms with E-state index in [1.807, 2.05) is 0 Å². The molecule has 1 aromatic heterocycles. The van der Waals surface area contributed by atoms with E-state index in [2.05, 4.69) is 43.2 Å². The van der Waals surface area contributed by atoms with Crippen molar-refractivity contribution in [2.75, 3.05) is 6.54 Å². The van der Waals surface area contributed by atoms with Crippen molar-refractivity contribution in [2.24, 2.45) is 5.73 Å². The number of nitrogens with two attached hydrogens (primary N) is 1. The van der Waals surface area contributed by atoms with Crippen LogP contribution < -0.4 is 11.1 Å². The van der Waals surface area contributed by atoms with Gasteiger partial charge in [-0.2, -0.15) is 0 Å². The van der Waals surface area contributed by atoms with Gasteiger partial charge in [0, 0.05) is 22.3 Å². The first-order valence-corrected chi connectivity index (χ1v) is 6.92. The molecule has 0 fully saturated rings. The van der Waals surface area contributed by atoms with Crippen LogP contribution in [0.3, 0.4) is 0 Å². The Morgan fingerprint density at radius 1 is 1.53 bits per heavy atom. The van der Waals surface area contributed by atoms with E-state index in [0.717, 1.165) is 27.8 Å². The van der Waals surface area contributed by atoms with Crippen LogP contribution in [0, 0.1) is 0 Å². The summed E-state index contributed by atoms with van der Waals surface area (Å²) in [5, 5.41) is 3.26. The summed E-state index contributed by atoms with van der Waals surface area (Å²) in [6.45, 7) is 1.64. The Morgan fingerprint density at radius 2 is 2.27 bits per heavy atom. The molecular weight excluding hydrogens is 344 g/mol. The molecule has 0 aliphatic heterocycles. The van der Waals surface area contributed by atoms with Crippen molar-refractivity contribution in [3.63, 3.8) is 0 Å². The fourth-order valence-corrected chi connectivity index (χ4v) is 3.22. The predicted octanol–water partition coefficient (Wildman–Crippen LogP) is 2.63. The molecule has 0 spiro atoms. The van der Waals surface area contributed by atoms with Crippen LogP contribution >= 0.6 is 43.2 Å². The molecule has 15 heavy (non-hydrogen) atoms. The number of hydrogen-bond acceptors (Lipinski definition) is 3. The molecule has 0 atom stereocenters. The van der Waals surface area contributed by atoms with Crippen molar-refractivity contribution in [3.8, 4) is 0 Å². The SMILES string of the molecule is NC(=O)CCCNCc1cc(Br)c(Br)s1. The number of carbonyl (C=O) groups is 1. The van der Waals surface area contributed by atoms with Crippen LogP contribution in [0.1, 0.15) is 17.7 Å². The van der Waals surface area contributed by atoms with Crippen LogP contribution in [0.15, 0.2) is 14.3 Å². The van der Waals surface area contributed by atoms with Gasteiger partial charge >= 0.3 is 0 Å². The molecule has 1 heterocycles. The second-order valence-corrected chi connectivity index (χ2v) is 6.39. The monoisotopic (exact) mass is 354 g/mol. The fraction of sp³-hybridized carbons (Fsp3) is 0.444. The van der Waals surface area contributed by atoms with Gasteiger partial charge < -0.3 is 11.1 Å². The number of rotatable bonds is 6. The third-order valence-corrected chi connectivity index (χ3v) is 5.03. The van der Waals surface area contributed by atoms with Crippen LogP contribution in [-0.2, 0) is 11.3 Å². The van der Waals surface area contributed by atoms with Crippen LogP contribution in [0.2, 0.25) is 0 Å². The van der Waals surface area contributed by atoms with Crippen molar-refractivity contribution in [2.45, 2.75) is 19.4 Å². The van der Waals surface area contributed by atoms with Gasteiger partial charge in [-0.1, -0.05) is 0 Å². The summed E-state index contributed by atoms with van der Waals surface area (Å²) in [7, 11) is 0. The minimum Gasteiger partial charge on any atom is -0.370 e. The van der Waals surface area contributed by atoms with Crippen molar-refractivity contribution in [1.29, 1.82) is 0 Å². The molecular formula is C9H12Br2N2OS. The lowest BCUT2D eigenvalue weighted by Crippen LogP contribution is -2.17. The number of nitrogens with one attached hydrogen (secondary N) is 1. The standard InChI is InChI=1S/C9H12Br2N2OS/c10-7-4-6(15-9(7)11)5-13-3-1-2-8(12)14/h4,13H,1-3,5H2,(H2,12,14). The Labute approximate surface area is 110 Å². The normalized spacial score (nSPS) is 10.5. The van der Waals surface area contributed by atoms with Gasteiger partial charge in [-0.05, 0) is 50.9 Å². The van der Waals surface area contributed by atoms with Crippen LogP contribution in [0.25, 0.3) is 0 Å². The predicted molar refractivity (Wildman–Crippen MR) is 69.9 cm³/mol. The number of carbonyl (C=O) groups excluding carboxylic acids is 1. The van der Waals surface area contributed by atoms with Gasteiger partial charge in [0.05, 0.1) is 3.79 Å². The van der Waals surface area contributed by atoms with Gasteiger partial charge in [0.1, 0.15) is 0 Å². The summed E-state index contributed by atoms with van der Waals surface area (Å²) in [5.74, 6) is -0.238. The Morgan fingerprint density at radius 3 is 2.80 bits per heavy atom. The second kappa shape index (κ2) is 6.62. The van der Waals surface area contributed by atoms with Gasteiger partial charge in [0.15, 0.2) is 0 Å². The Hall–Kier alpha value is 0.0900. The lowest BCUT2D eigenvalue weighted by molar-refractivity contribution is -0.118. The van der Waals surface area contributed by atoms with Crippen molar-refractivity contribution in [1.82, 2.24) is 5.32 Å². The minimum atomic E-state index is -0.238. The highest BCUT2D eigenvalue weighted by Crippen LogP contribution is 2.32. The number of amides is 1. The van der Waals surface area contributed by atoms with Crippen molar-refractivity contribution in [3.05, 3.63) is 19.2 Å². The molecule has 0 unspecified atom stereocenters. The van der Waals surface area contributed by atoms with Gasteiger partial charge in [0.2, 0.25) is 5.91 Å². The van der Waals surface area contributed by atoms with E-state index in [-0.39, 0.29) is 5.91 Å². The van der Waals surface area contributed by atoms with E-state index < -0.39 is 0 Å². The van der Waals surface area contributed by atoms with Crippen LogP contribution in [0.5, 0.6) is 0 Å². The van der Waals surface area contributed by atoms with Gasteiger partial charge in [-0.15, -0.1) is 11.3 Å². The third-order valence-electron chi connectivity index (χ3n) is 1.77. The molecule has 0 saturated heterocycles. The number of thiophene rings is 1. The van der Waals surface area contributed by atoms with Crippen LogP contribution in [-0.4, -0.2) is 12.5 Å². The molecule has 0 aliphatic carbocycles. The smallest absolute Gasteiger partial charge is 0.217 e. The summed E-state index contributed by atoms with van der Waals surface area (Å²) in [4.78, 5) is 11.7. The molecule has 1 rings (SSSR count). The first-order chi connectivity index (χ1) is 7.09. The molecule has 0 saturated carbocycles. The summed E-state index contributed by atoms with van der Waals surface area (Å²) in [6, 6.07) is 2.08. The summed E-state index contributed by atoms with van der Waals surface area (Å²) >= 11 is 8.57. The van der Waals surface area contributed by atoms with Crippen LogP contribution in [0.4, 0.5) is 0 Å². The zero-order valence-electron chi connectivity index (χ0n) is 8.06. The molecule has 0 aliphatic rings. The van der Waals surface area contributed by atoms with E-state index >= 15 is 0 Å². The van der Waals surface area contributed by atoms with E-state index in [1.165, 1.54) is 4.88 Å². The molecule has 1 amide bonds. The highest BCUT2D eigenvalue weighted by Gasteiger charge is 2.03. The average Bonchev–Trinajstić information content (AvgIpc) is 2.45. The van der Waals surface area contributed by atoms with E-state index in [1.54, 1.807) is 11.3 Å². The highest BCUT2D eigenvalue weighted by molar-refractivity contribution is 9.13. The van der Waals surface area contributed by atoms with Crippen molar-refractivity contribution >= 4 is 49.1 Å². The molecule has 0 bridgehead atoms. The zero-order valence-corrected chi connectivity index (χ0v) is 12.0. The molecule has 3 nitrogen and oxygen atoms in total. The van der Waals surface area contributed by atoms with E-state index in [0.29, 0.717) is 6.42 Å². The maximum atomic E-state index is 10.5. The Kier molecular flexibility index (Phi) is 5.81. The van der Waals surface area contributed by atoms with Crippen molar-refractivity contribution < 1.29 is 4.79 Å². The first kappa shape index (κ1) is 13.2. The molecule has 84 valence electrons. The maximum absolute atomic E-state index is 10.5. The average molecular weight is 356 g/mol. The van der Waals surface area contributed by atoms with Gasteiger partial charge in [-0.3, -0.25) is 4.79 Å². The number of halogens is 2. The van der Waals surface area contributed by atoms with Gasteiger partial charge in [0.25, 0.3) is 0 Å². The number of primary amides is 1. The molecule has 1 aromatic rings. The molecule has 6 heteroatoms. The third kappa shape index (κ3) is 5.10. The summed E-state index contributed by atoms with van der Waals surface area (Å²) in [5.41, 5.74) is 5.03.